The van der Waals surface area contributed by atoms with Gasteiger partial charge in [0.15, 0.2) is 5.11 Å². The Morgan fingerprint density at radius 3 is 2.70 bits per heavy atom. The number of thiocarbonyl (C=S) groups is 1. The smallest absolute Gasteiger partial charge is 0.338 e. The van der Waals surface area contributed by atoms with Crippen molar-refractivity contribution in [1.29, 1.82) is 0 Å². The molecule has 1 atom stereocenters. The normalized spacial score (nSPS) is 17.3. The fourth-order valence-electron chi connectivity index (χ4n) is 3.35. The molecule has 27 heavy (non-hydrogen) atoms. The van der Waals surface area contributed by atoms with Crippen LogP contribution in [0.3, 0.4) is 0 Å². The van der Waals surface area contributed by atoms with Gasteiger partial charge in [0.1, 0.15) is 11.4 Å². The fourth-order valence-corrected chi connectivity index (χ4v) is 3.60. The molecule has 1 aliphatic rings. The van der Waals surface area contributed by atoms with Crippen molar-refractivity contribution in [3.63, 3.8) is 0 Å². The highest BCUT2D eigenvalue weighted by Crippen LogP contribution is 2.39. The van der Waals surface area contributed by atoms with E-state index in [0.717, 1.165) is 29.0 Å². The Labute approximate surface area is 165 Å². The van der Waals surface area contributed by atoms with Crippen molar-refractivity contribution < 1.29 is 14.3 Å². The average molecular weight is 385 g/mol. The fraction of sp³-hybridized carbons (Fsp3) is 0.333. The Morgan fingerprint density at radius 1 is 1.22 bits per heavy atom. The van der Waals surface area contributed by atoms with Gasteiger partial charge in [0.25, 0.3) is 0 Å². The van der Waals surface area contributed by atoms with Gasteiger partial charge in [-0.2, -0.15) is 0 Å². The quantitative estimate of drug-likeness (QED) is 0.605. The summed E-state index contributed by atoms with van der Waals surface area (Å²) in [7, 11) is 1.37. The third kappa shape index (κ3) is 4.22. The van der Waals surface area contributed by atoms with E-state index in [1.165, 1.54) is 7.11 Å². The lowest BCUT2D eigenvalue weighted by Crippen LogP contribution is -2.42. The minimum Gasteiger partial charge on any atom is -0.487 e. The molecule has 1 unspecified atom stereocenters. The number of benzene rings is 2. The summed E-state index contributed by atoms with van der Waals surface area (Å²) in [5, 5.41) is 7.10. The largest absolute Gasteiger partial charge is 0.487 e. The van der Waals surface area contributed by atoms with Crippen LogP contribution in [-0.4, -0.2) is 23.8 Å². The Hall–Kier alpha value is -2.60. The summed E-state index contributed by atoms with van der Waals surface area (Å²) in [5.74, 6) is 0.507. The summed E-state index contributed by atoms with van der Waals surface area (Å²) in [6.45, 7) is 6.00. The second-order valence-corrected chi connectivity index (χ2v) is 7.63. The van der Waals surface area contributed by atoms with Crippen molar-refractivity contribution in [1.82, 2.24) is 5.32 Å². The van der Waals surface area contributed by atoms with Crippen molar-refractivity contribution >= 4 is 29.0 Å². The molecule has 2 N–H and O–H groups in total. The van der Waals surface area contributed by atoms with E-state index in [2.05, 4.69) is 24.5 Å². The maximum absolute atomic E-state index is 11.9. The predicted molar refractivity (Wildman–Crippen MR) is 110 cm³/mol. The molecule has 0 fully saturated rings. The lowest BCUT2D eigenvalue weighted by atomic mass is 9.90. The van der Waals surface area contributed by atoms with Gasteiger partial charge in [-0.3, -0.25) is 0 Å². The molecule has 0 amide bonds. The molecule has 0 aromatic heterocycles. The Bertz CT molecular complexity index is 879. The maximum Gasteiger partial charge on any atom is 0.338 e. The number of methoxy groups -OCH3 is 1. The predicted octanol–water partition coefficient (Wildman–Crippen LogP) is 4.37. The SMILES string of the molecule is COC(=O)c1cccc(NC(=S)NC2CC(C)(C)Oc3ccccc32)c1C. The van der Waals surface area contributed by atoms with Crippen molar-refractivity contribution in [3.05, 3.63) is 59.2 Å². The number of nitrogens with one attached hydrogen (secondary N) is 2. The first-order valence-corrected chi connectivity index (χ1v) is 9.25. The minimum atomic E-state index is -0.366. The number of rotatable bonds is 3. The number of hydrogen-bond donors (Lipinski definition) is 2. The Balaban J connectivity index is 1.78. The van der Waals surface area contributed by atoms with Gasteiger partial charge in [-0.1, -0.05) is 24.3 Å². The van der Waals surface area contributed by atoms with Crippen LogP contribution in [0.1, 0.15) is 47.8 Å². The summed E-state index contributed by atoms with van der Waals surface area (Å²) in [5.41, 5.74) is 2.88. The zero-order chi connectivity index (χ0) is 19.6. The van der Waals surface area contributed by atoms with Gasteiger partial charge >= 0.3 is 5.97 Å². The highest BCUT2D eigenvalue weighted by molar-refractivity contribution is 7.80. The number of carbonyl (C=O) groups excluding carboxylic acids is 1. The lowest BCUT2D eigenvalue weighted by molar-refractivity contribution is 0.0599. The van der Waals surface area contributed by atoms with Gasteiger partial charge < -0.3 is 20.1 Å². The molecule has 0 radical (unpaired) electrons. The molecule has 142 valence electrons. The molecule has 6 heteroatoms. The Kier molecular flexibility index (Phi) is 5.37. The van der Waals surface area contributed by atoms with Gasteiger partial charge in [-0.05, 0) is 56.8 Å². The van der Waals surface area contributed by atoms with E-state index in [1.807, 2.05) is 37.3 Å². The van der Waals surface area contributed by atoms with Crippen LogP contribution in [0.5, 0.6) is 5.75 Å². The molecule has 1 heterocycles. The molecule has 0 saturated carbocycles. The topological polar surface area (TPSA) is 59.6 Å². The lowest BCUT2D eigenvalue weighted by Gasteiger charge is -2.38. The molecule has 0 spiro atoms. The first kappa shape index (κ1) is 19.2. The average Bonchev–Trinajstić information content (AvgIpc) is 2.62. The number of ether oxygens (including phenoxy) is 2. The van der Waals surface area contributed by atoms with E-state index in [1.54, 1.807) is 12.1 Å². The second-order valence-electron chi connectivity index (χ2n) is 7.22. The molecule has 1 aliphatic heterocycles. The summed E-state index contributed by atoms with van der Waals surface area (Å²) in [4.78, 5) is 11.9. The molecular weight excluding hydrogens is 360 g/mol. The van der Waals surface area contributed by atoms with Gasteiger partial charge in [-0.25, -0.2) is 4.79 Å². The van der Waals surface area contributed by atoms with E-state index in [4.69, 9.17) is 21.7 Å². The molecule has 5 nitrogen and oxygen atoms in total. The van der Waals surface area contributed by atoms with Gasteiger partial charge in [-0.15, -0.1) is 0 Å². The van der Waals surface area contributed by atoms with Crippen molar-refractivity contribution in [2.75, 3.05) is 12.4 Å². The third-order valence-corrected chi connectivity index (χ3v) is 4.89. The summed E-state index contributed by atoms with van der Waals surface area (Å²) in [6.07, 6.45) is 0.785. The van der Waals surface area contributed by atoms with E-state index < -0.39 is 0 Å². The number of hydrogen-bond acceptors (Lipinski definition) is 4. The van der Waals surface area contributed by atoms with Crippen molar-refractivity contribution in [2.24, 2.45) is 0 Å². The van der Waals surface area contributed by atoms with E-state index >= 15 is 0 Å². The zero-order valence-corrected chi connectivity index (χ0v) is 16.8. The molecule has 0 saturated heterocycles. The van der Waals surface area contributed by atoms with Crippen LogP contribution >= 0.6 is 12.2 Å². The molecule has 2 aromatic rings. The van der Waals surface area contributed by atoms with Gasteiger partial charge in [0.2, 0.25) is 0 Å². The van der Waals surface area contributed by atoms with Crippen LogP contribution in [0.2, 0.25) is 0 Å². The standard InChI is InChI=1S/C21H24N2O3S/c1-13-14(19(24)25-4)9-7-10-16(13)22-20(27)23-17-12-21(2,3)26-18-11-6-5-8-15(17)18/h5-11,17H,12H2,1-4H3,(H2,22,23,27). The zero-order valence-electron chi connectivity index (χ0n) is 16.0. The molecular formula is C21H24N2O3S. The monoisotopic (exact) mass is 384 g/mol. The summed E-state index contributed by atoms with van der Waals surface area (Å²) in [6, 6.07) is 13.5. The van der Waals surface area contributed by atoms with Crippen LogP contribution < -0.4 is 15.4 Å². The maximum atomic E-state index is 11.9. The molecule has 0 aliphatic carbocycles. The second kappa shape index (κ2) is 7.56. The number of fused-ring (bicyclic) bond motifs is 1. The summed E-state index contributed by atoms with van der Waals surface area (Å²) < 4.78 is 10.9. The summed E-state index contributed by atoms with van der Waals surface area (Å²) >= 11 is 5.54. The van der Waals surface area contributed by atoms with Crippen LogP contribution in [0.4, 0.5) is 5.69 Å². The van der Waals surface area contributed by atoms with E-state index in [-0.39, 0.29) is 17.6 Å². The van der Waals surface area contributed by atoms with Crippen LogP contribution in [-0.2, 0) is 4.74 Å². The number of esters is 1. The first-order chi connectivity index (χ1) is 12.8. The van der Waals surface area contributed by atoms with E-state index in [9.17, 15) is 4.79 Å². The Morgan fingerprint density at radius 2 is 1.96 bits per heavy atom. The molecule has 2 aromatic carbocycles. The van der Waals surface area contributed by atoms with Crippen LogP contribution in [0.25, 0.3) is 0 Å². The highest BCUT2D eigenvalue weighted by atomic mass is 32.1. The minimum absolute atomic E-state index is 0.0362. The number of carbonyl (C=O) groups is 1. The van der Waals surface area contributed by atoms with Gasteiger partial charge in [0, 0.05) is 17.7 Å². The number of anilines is 1. The number of para-hydroxylation sites is 1. The molecule has 0 bridgehead atoms. The van der Waals surface area contributed by atoms with Crippen molar-refractivity contribution in [3.8, 4) is 5.75 Å². The first-order valence-electron chi connectivity index (χ1n) is 8.84. The van der Waals surface area contributed by atoms with Crippen LogP contribution in [0, 0.1) is 6.92 Å². The third-order valence-electron chi connectivity index (χ3n) is 4.67. The van der Waals surface area contributed by atoms with E-state index in [0.29, 0.717) is 10.7 Å². The van der Waals surface area contributed by atoms with Crippen molar-refractivity contribution in [2.45, 2.75) is 38.8 Å². The van der Waals surface area contributed by atoms with Gasteiger partial charge in [0.05, 0.1) is 18.7 Å². The highest BCUT2D eigenvalue weighted by Gasteiger charge is 2.33. The molecule has 3 rings (SSSR count). The van der Waals surface area contributed by atoms with Crippen LogP contribution in [0.15, 0.2) is 42.5 Å².